The molecule has 1 amide bonds. The average molecular weight is 271 g/mol. The molecule has 0 aliphatic heterocycles. The zero-order valence-corrected chi connectivity index (χ0v) is 12.0. The second kappa shape index (κ2) is 5.32. The molecule has 0 bridgehead atoms. The number of nitrogens with zero attached hydrogens (tertiary/aromatic N) is 4. The van der Waals surface area contributed by atoms with E-state index in [1.165, 1.54) is 0 Å². The summed E-state index contributed by atoms with van der Waals surface area (Å²) < 4.78 is 0. The van der Waals surface area contributed by atoms with Gasteiger partial charge in [0.1, 0.15) is 5.82 Å². The van der Waals surface area contributed by atoms with Crippen molar-refractivity contribution in [2.75, 3.05) is 5.32 Å². The number of aromatic nitrogens is 4. The van der Waals surface area contributed by atoms with Gasteiger partial charge in [0.15, 0.2) is 5.82 Å². The van der Waals surface area contributed by atoms with Gasteiger partial charge in [-0.2, -0.15) is 9.97 Å². The fourth-order valence-corrected chi connectivity index (χ4v) is 1.45. The lowest BCUT2D eigenvalue weighted by Gasteiger charge is -2.16. The van der Waals surface area contributed by atoms with Crippen LogP contribution in [-0.2, 0) is 4.79 Å². The van der Waals surface area contributed by atoms with Crippen molar-refractivity contribution in [3.63, 3.8) is 0 Å². The van der Waals surface area contributed by atoms with E-state index >= 15 is 0 Å². The van der Waals surface area contributed by atoms with Crippen LogP contribution in [0.25, 0.3) is 11.4 Å². The minimum absolute atomic E-state index is 0.139. The molecular formula is C14H17N5O. The largest absolute Gasteiger partial charge is 0.294 e. The summed E-state index contributed by atoms with van der Waals surface area (Å²) in [5.74, 6) is 1.16. The smallest absolute Gasteiger partial charge is 0.233 e. The molecule has 6 heteroatoms. The fourth-order valence-electron chi connectivity index (χ4n) is 1.45. The van der Waals surface area contributed by atoms with Gasteiger partial charge in [0.05, 0.1) is 0 Å². The predicted octanol–water partition coefficient (Wildman–Crippen LogP) is 2.23. The molecule has 104 valence electrons. The van der Waals surface area contributed by atoms with E-state index in [1.54, 1.807) is 19.3 Å². The zero-order chi connectivity index (χ0) is 14.8. The number of carbonyl (C=O) groups excluding carboxylic acids is 1. The zero-order valence-electron chi connectivity index (χ0n) is 12.0. The molecule has 0 aliphatic carbocycles. The highest BCUT2D eigenvalue weighted by molar-refractivity contribution is 5.93. The van der Waals surface area contributed by atoms with Gasteiger partial charge in [-0.1, -0.05) is 20.8 Å². The van der Waals surface area contributed by atoms with Gasteiger partial charge in [-0.15, -0.1) is 0 Å². The normalized spacial score (nSPS) is 11.2. The van der Waals surface area contributed by atoms with E-state index in [9.17, 15) is 4.79 Å². The molecular weight excluding hydrogens is 254 g/mol. The van der Waals surface area contributed by atoms with Crippen molar-refractivity contribution in [2.24, 2.45) is 5.41 Å². The standard InChI is InChI=1S/C14H17N5O/c1-9-16-11(10-6-5-7-15-8-10)18-13(17-9)19-12(20)14(2,3)4/h5-8H,1-4H3,(H,16,17,18,19,20). The van der Waals surface area contributed by atoms with E-state index in [2.05, 4.69) is 25.3 Å². The molecule has 2 rings (SSSR count). The van der Waals surface area contributed by atoms with Crippen LogP contribution >= 0.6 is 0 Å². The summed E-state index contributed by atoms with van der Waals surface area (Å²) in [6, 6.07) is 3.67. The van der Waals surface area contributed by atoms with Gasteiger partial charge in [-0.3, -0.25) is 15.1 Å². The van der Waals surface area contributed by atoms with Crippen LogP contribution in [0.1, 0.15) is 26.6 Å². The molecule has 0 atom stereocenters. The van der Waals surface area contributed by atoms with Gasteiger partial charge in [0.2, 0.25) is 11.9 Å². The van der Waals surface area contributed by atoms with Crippen molar-refractivity contribution in [1.29, 1.82) is 0 Å². The Morgan fingerprint density at radius 2 is 1.95 bits per heavy atom. The van der Waals surface area contributed by atoms with Crippen LogP contribution in [0.15, 0.2) is 24.5 Å². The molecule has 2 heterocycles. The quantitative estimate of drug-likeness (QED) is 0.905. The molecule has 0 aliphatic rings. The number of hydrogen-bond donors (Lipinski definition) is 1. The first kappa shape index (κ1) is 14.0. The molecule has 1 N–H and O–H groups in total. The monoisotopic (exact) mass is 271 g/mol. The summed E-state index contributed by atoms with van der Waals surface area (Å²) in [7, 11) is 0. The lowest BCUT2D eigenvalue weighted by molar-refractivity contribution is -0.123. The first-order chi connectivity index (χ1) is 9.36. The van der Waals surface area contributed by atoms with Crippen molar-refractivity contribution in [3.05, 3.63) is 30.4 Å². The van der Waals surface area contributed by atoms with Gasteiger partial charge < -0.3 is 0 Å². The van der Waals surface area contributed by atoms with Crippen LogP contribution in [-0.4, -0.2) is 25.8 Å². The summed E-state index contributed by atoms with van der Waals surface area (Å²) in [5, 5.41) is 2.71. The Balaban J connectivity index is 2.33. The number of carbonyl (C=O) groups is 1. The summed E-state index contributed by atoms with van der Waals surface area (Å²) >= 11 is 0. The molecule has 0 aromatic carbocycles. The van der Waals surface area contributed by atoms with Crippen molar-refractivity contribution >= 4 is 11.9 Å². The Kier molecular flexibility index (Phi) is 3.74. The van der Waals surface area contributed by atoms with Crippen molar-refractivity contribution in [1.82, 2.24) is 19.9 Å². The van der Waals surface area contributed by atoms with E-state index in [0.717, 1.165) is 5.56 Å². The Morgan fingerprint density at radius 3 is 2.55 bits per heavy atom. The molecule has 0 saturated carbocycles. The molecule has 2 aromatic heterocycles. The topological polar surface area (TPSA) is 80.7 Å². The lowest BCUT2D eigenvalue weighted by Crippen LogP contribution is -2.28. The third-order valence-electron chi connectivity index (χ3n) is 2.57. The fraction of sp³-hybridized carbons (Fsp3) is 0.357. The molecule has 0 radical (unpaired) electrons. The van der Waals surface area contributed by atoms with E-state index in [0.29, 0.717) is 11.6 Å². The molecule has 2 aromatic rings. The van der Waals surface area contributed by atoms with Gasteiger partial charge >= 0.3 is 0 Å². The highest BCUT2D eigenvalue weighted by Crippen LogP contribution is 2.18. The van der Waals surface area contributed by atoms with Crippen LogP contribution in [0, 0.1) is 12.3 Å². The molecule has 0 unspecified atom stereocenters. The first-order valence-corrected chi connectivity index (χ1v) is 6.31. The molecule has 0 fully saturated rings. The number of hydrogen-bond acceptors (Lipinski definition) is 5. The van der Waals surface area contributed by atoms with Crippen LogP contribution in [0.4, 0.5) is 5.95 Å². The SMILES string of the molecule is Cc1nc(NC(=O)C(C)(C)C)nc(-c2cccnc2)n1. The van der Waals surface area contributed by atoms with Crippen LogP contribution in [0.2, 0.25) is 0 Å². The Hall–Kier alpha value is -2.37. The molecule has 0 saturated heterocycles. The molecule has 0 spiro atoms. The van der Waals surface area contributed by atoms with Gasteiger partial charge in [-0.05, 0) is 19.1 Å². The first-order valence-electron chi connectivity index (χ1n) is 6.31. The lowest BCUT2D eigenvalue weighted by atomic mass is 9.96. The number of amides is 1. The van der Waals surface area contributed by atoms with Gasteiger partial charge in [0, 0.05) is 23.4 Å². The second-order valence-electron chi connectivity index (χ2n) is 5.48. The maximum Gasteiger partial charge on any atom is 0.233 e. The van der Waals surface area contributed by atoms with Crippen LogP contribution in [0.5, 0.6) is 0 Å². The van der Waals surface area contributed by atoms with Crippen molar-refractivity contribution < 1.29 is 4.79 Å². The van der Waals surface area contributed by atoms with Gasteiger partial charge in [0.25, 0.3) is 0 Å². The second-order valence-corrected chi connectivity index (χ2v) is 5.48. The summed E-state index contributed by atoms with van der Waals surface area (Å²) in [6.07, 6.45) is 3.35. The van der Waals surface area contributed by atoms with Crippen molar-refractivity contribution in [2.45, 2.75) is 27.7 Å². The Bertz CT molecular complexity index is 619. The van der Waals surface area contributed by atoms with Crippen LogP contribution in [0.3, 0.4) is 0 Å². The third kappa shape index (κ3) is 3.34. The number of nitrogens with one attached hydrogen (secondary N) is 1. The minimum Gasteiger partial charge on any atom is -0.294 e. The third-order valence-corrected chi connectivity index (χ3v) is 2.57. The summed E-state index contributed by atoms with van der Waals surface area (Å²) in [4.78, 5) is 28.7. The molecule has 6 nitrogen and oxygen atoms in total. The maximum atomic E-state index is 12.0. The predicted molar refractivity (Wildman–Crippen MR) is 75.9 cm³/mol. The van der Waals surface area contributed by atoms with E-state index in [4.69, 9.17) is 0 Å². The van der Waals surface area contributed by atoms with E-state index in [-0.39, 0.29) is 11.9 Å². The maximum absolute atomic E-state index is 12.0. The van der Waals surface area contributed by atoms with Crippen LogP contribution < -0.4 is 5.32 Å². The summed E-state index contributed by atoms with van der Waals surface area (Å²) in [6.45, 7) is 7.25. The van der Waals surface area contributed by atoms with E-state index in [1.807, 2.05) is 32.9 Å². The van der Waals surface area contributed by atoms with Gasteiger partial charge in [-0.25, -0.2) is 4.98 Å². The Labute approximate surface area is 117 Å². The minimum atomic E-state index is -0.505. The summed E-state index contributed by atoms with van der Waals surface area (Å²) in [5.41, 5.74) is 0.277. The average Bonchev–Trinajstić information content (AvgIpc) is 2.38. The Morgan fingerprint density at radius 1 is 1.20 bits per heavy atom. The number of aryl methyl sites for hydroxylation is 1. The number of rotatable bonds is 2. The highest BCUT2D eigenvalue weighted by atomic mass is 16.2. The highest BCUT2D eigenvalue weighted by Gasteiger charge is 2.22. The van der Waals surface area contributed by atoms with E-state index < -0.39 is 5.41 Å². The number of pyridine rings is 1. The van der Waals surface area contributed by atoms with Crippen molar-refractivity contribution in [3.8, 4) is 11.4 Å². The number of anilines is 1. The molecule has 20 heavy (non-hydrogen) atoms.